The number of carbonyl (C=O) groups excluding carboxylic acids is 1. The molecule has 4 nitrogen and oxygen atoms in total. The van der Waals surface area contributed by atoms with Crippen molar-refractivity contribution >= 4 is 15.6 Å². The molecule has 0 aromatic heterocycles. The van der Waals surface area contributed by atoms with Crippen molar-refractivity contribution in [3.05, 3.63) is 0 Å². The summed E-state index contributed by atoms with van der Waals surface area (Å²) in [7, 11) is -3.04. The Kier molecular flexibility index (Phi) is 3.09. The summed E-state index contributed by atoms with van der Waals surface area (Å²) in [6.07, 6.45) is 4.60. The molecular weight excluding hydrogens is 226 g/mol. The SMILES string of the molecule is CS(=O)(=O)CCC(=O)C1C2CCC(C2)C1N. The zero-order chi connectivity index (χ0) is 11.9. The van der Waals surface area contributed by atoms with Gasteiger partial charge in [-0.05, 0) is 31.1 Å². The van der Waals surface area contributed by atoms with Gasteiger partial charge < -0.3 is 5.73 Å². The van der Waals surface area contributed by atoms with Gasteiger partial charge >= 0.3 is 0 Å². The number of sulfone groups is 1. The van der Waals surface area contributed by atoms with Crippen LogP contribution in [0.15, 0.2) is 0 Å². The van der Waals surface area contributed by atoms with E-state index in [-0.39, 0.29) is 29.9 Å². The molecule has 0 amide bonds. The molecule has 0 saturated heterocycles. The second kappa shape index (κ2) is 4.11. The Hall–Kier alpha value is -0.420. The number of rotatable bonds is 4. The molecule has 0 aliphatic heterocycles. The fourth-order valence-corrected chi connectivity index (χ4v) is 3.84. The molecule has 2 fully saturated rings. The molecule has 0 spiro atoms. The van der Waals surface area contributed by atoms with E-state index in [0.717, 1.165) is 19.3 Å². The van der Waals surface area contributed by atoms with Gasteiger partial charge in [-0.1, -0.05) is 0 Å². The molecule has 2 saturated carbocycles. The molecule has 2 aliphatic carbocycles. The molecule has 0 heterocycles. The third kappa shape index (κ3) is 2.30. The average Bonchev–Trinajstić information content (AvgIpc) is 2.73. The molecule has 2 bridgehead atoms. The van der Waals surface area contributed by atoms with Crippen LogP contribution >= 0.6 is 0 Å². The molecule has 2 rings (SSSR count). The second-order valence-corrected chi connectivity index (χ2v) is 7.54. The summed E-state index contributed by atoms with van der Waals surface area (Å²) in [5.74, 6) is 0.877. The van der Waals surface area contributed by atoms with Gasteiger partial charge in [0.25, 0.3) is 0 Å². The van der Waals surface area contributed by atoms with E-state index in [1.165, 1.54) is 6.26 Å². The van der Waals surface area contributed by atoms with Gasteiger partial charge in [0.1, 0.15) is 15.6 Å². The summed E-state index contributed by atoms with van der Waals surface area (Å²) in [4.78, 5) is 11.9. The number of ketones is 1. The first-order valence-electron chi connectivity index (χ1n) is 5.84. The Morgan fingerprint density at radius 2 is 1.94 bits per heavy atom. The third-order valence-corrected chi connectivity index (χ3v) is 5.02. The van der Waals surface area contributed by atoms with Gasteiger partial charge in [0.05, 0.1) is 5.75 Å². The Balaban J connectivity index is 1.95. The van der Waals surface area contributed by atoms with E-state index in [1.54, 1.807) is 0 Å². The number of fused-ring (bicyclic) bond motifs is 2. The van der Waals surface area contributed by atoms with Crippen LogP contribution in [0.3, 0.4) is 0 Å². The highest BCUT2D eigenvalue weighted by atomic mass is 32.2. The van der Waals surface area contributed by atoms with Crippen LogP contribution < -0.4 is 5.73 Å². The molecular formula is C11H19NO3S. The summed E-state index contributed by atoms with van der Waals surface area (Å²) >= 11 is 0. The first kappa shape index (κ1) is 12.0. The molecule has 2 aliphatic rings. The Labute approximate surface area is 96.5 Å². The quantitative estimate of drug-likeness (QED) is 0.776. The van der Waals surface area contributed by atoms with Crippen molar-refractivity contribution in [2.45, 2.75) is 31.7 Å². The number of Topliss-reactive ketones (excluding diaryl/α,β-unsaturated/α-hetero) is 1. The van der Waals surface area contributed by atoms with Crippen LogP contribution in [-0.4, -0.2) is 32.3 Å². The number of carbonyl (C=O) groups is 1. The lowest BCUT2D eigenvalue weighted by Crippen LogP contribution is -2.40. The van der Waals surface area contributed by atoms with Crippen molar-refractivity contribution in [1.29, 1.82) is 0 Å². The van der Waals surface area contributed by atoms with Crippen LogP contribution in [0.4, 0.5) is 0 Å². The van der Waals surface area contributed by atoms with Crippen LogP contribution in [0, 0.1) is 17.8 Å². The Morgan fingerprint density at radius 1 is 1.31 bits per heavy atom. The van der Waals surface area contributed by atoms with Crippen LogP contribution in [0.5, 0.6) is 0 Å². The predicted molar refractivity (Wildman–Crippen MR) is 61.6 cm³/mol. The summed E-state index contributed by atoms with van der Waals surface area (Å²) in [5.41, 5.74) is 6.03. The van der Waals surface area contributed by atoms with Crippen LogP contribution in [0.25, 0.3) is 0 Å². The molecule has 0 aromatic carbocycles. The molecule has 5 heteroatoms. The van der Waals surface area contributed by atoms with Gasteiger partial charge in [0.15, 0.2) is 0 Å². The summed E-state index contributed by atoms with van der Waals surface area (Å²) in [6, 6.07) is -0.0224. The lowest BCUT2D eigenvalue weighted by molar-refractivity contribution is -0.124. The maximum atomic E-state index is 11.9. The molecule has 4 unspecified atom stereocenters. The van der Waals surface area contributed by atoms with E-state index in [0.29, 0.717) is 11.8 Å². The zero-order valence-electron chi connectivity index (χ0n) is 9.56. The predicted octanol–water partition coefficient (Wildman–Crippen LogP) is 0.364. The first-order valence-corrected chi connectivity index (χ1v) is 7.90. The van der Waals surface area contributed by atoms with E-state index >= 15 is 0 Å². The van der Waals surface area contributed by atoms with Crippen molar-refractivity contribution in [2.75, 3.05) is 12.0 Å². The maximum Gasteiger partial charge on any atom is 0.147 e. The van der Waals surface area contributed by atoms with Crippen LogP contribution in [-0.2, 0) is 14.6 Å². The second-order valence-electron chi connectivity index (χ2n) is 5.28. The van der Waals surface area contributed by atoms with Gasteiger partial charge in [0.2, 0.25) is 0 Å². The number of hydrogen-bond donors (Lipinski definition) is 1. The normalized spacial score (nSPS) is 37.9. The van der Waals surface area contributed by atoms with Crippen molar-refractivity contribution in [3.63, 3.8) is 0 Å². The largest absolute Gasteiger partial charge is 0.327 e. The van der Waals surface area contributed by atoms with Crippen molar-refractivity contribution < 1.29 is 13.2 Å². The van der Waals surface area contributed by atoms with Crippen molar-refractivity contribution in [1.82, 2.24) is 0 Å². The first-order chi connectivity index (χ1) is 7.38. The molecule has 16 heavy (non-hydrogen) atoms. The van der Waals surface area contributed by atoms with Gasteiger partial charge in [-0.2, -0.15) is 0 Å². The summed E-state index contributed by atoms with van der Waals surface area (Å²) in [6.45, 7) is 0. The van der Waals surface area contributed by atoms with Gasteiger partial charge in [-0.25, -0.2) is 8.42 Å². The van der Waals surface area contributed by atoms with E-state index < -0.39 is 9.84 Å². The van der Waals surface area contributed by atoms with E-state index in [2.05, 4.69) is 0 Å². The Morgan fingerprint density at radius 3 is 2.44 bits per heavy atom. The number of hydrogen-bond acceptors (Lipinski definition) is 4. The lowest BCUT2D eigenvalue weighted by atomic mass is 9.81. The smallest absolute Gasteiger partial charge is 0.147 e. The van der Waals surface area contributed by atoms with Crippen LogP contribution in [0.2, 0.25) is 0 Å². The molecule has 2 N–H and O–H groups in total. The molecule has 0 radical (unpaired) electrons. The highest BCUT2D eigenvalue weighted by Crippen LogP contribution is 2.48. The van der Waals surface area contributed by atoms with Gasteiger partial charge in [0, 0.05) is 24.6 Å². The summed E-state index contributed by atoms with van der Waals surface area (Å²) in [5, 5.41) is 0. The zero-order valence-corrected chi connectivity index (χ0v) is 10.4. The fraction of sp³-hybridized carbons (Fsp3) is 0.909. The lowest BCUT2D eigenvalue weighted by Gasteiger charge is -2.26. The van der Waals surface area contributed by atoms with Crippen LogP contribution in [0.1, 0.15) is 25.7 Å². The standard InChI is InChI=1S/C11H19NO3S/c1-16(14,15)5-4-9(13)10-7-2-3-8(6-7)11(10)12/h7-8,10-11H,2-6,12H2,1H3. The highest BCUT2D eigenvalue weighted by Gasteiger charge is 2.48. The van der Waals surface area contributed by atoms with E-state index in [4.69, 9.17) is 5.73 Å². The highest BCUT2D eigenvalue weighted by molar-refractivity contribution is 7.90. The van der Waals surface area contributed by atoms with Crippen molar-refractivity contribution in [3.8, 4) is 0 Å². The minimum atomic E-state index is -3.04. The van der Waals surface area contributed by atoms with Gasteiger partial charge in [-0.15, -0.1) is 0 Å². The molecule has 92 valence electrons. The summed E-state index contributed by atoms with van der Waals surface area (Å²) < 4.78 is 22.0. The van der Waals surface area contributed by atoms with E-state index in [1.807, 2.05) is 0 Å². The fourth-order valence-electron chi connectivity index (χ4n) is 3.27. The van der Waals surface area contributed by atoms with Gasteiger partial charge in [-0.3, -0.25) is 4.79 Å². The third-order valence-electron chi connectivity index (χ3n) is 4.07. The molecule has 0 aromatic rings. The Bertz CT molecular complexity index is 388. The topological polar surface area (TPSA) is 77.2 Å². The van der Waals surface area contributed by atoms with E-state index in [9.17, 15) is 13.2 Å². The maximum absolute atomic E-state index is 11.9. The monoisotopic (exact) mass is 245 g/mol. The number of nitrogens with two attached hydrogens (primary N) is 1. The van der Waals surface area contributed by atoms with Crippen molar-refractivity contribution in [2.24, 2.45) is 23.5 Å². The molecule has 4 atom stereocenters. The average molecular weight is 245 g/mol. The minimum Gasteiger partial charge on any atom is -0.327 e. The minimum absolute atomic E-state index is 0.0224.